The van der Waals surface area contributed by atoms with Crippen LogP contribution in [0.15, 0.2) is 57.7 Å². The summed E-state index contributed by atoms with van der Waals surface area (Å²) in [4.78, 5) is 29.0. The first-order valence-corrected chi connectivity index (χ1v) is 9.80. The molecule has 1 saturated heterocycles. The van der Waals surface area contributed by atoms with Crippen LogP contribution in [0.2, 0.25) is 5.02 Å². The maximum atomic E-state index is 13.0. The normalized spacial score (nSPS) is 14.9. The SMILES string of the molecule is CN1CCN(C(=O)c2cc(=O)oc3cc(OCc4ccc(Cl)cc4)ccc23)CC1. The van der Waals surface area contributed by atoms with E-state index in [0.29, 0.717) is 47.0 Å². The Morgan fingerprint density at radius 1 is 1.07 bits per heavy atom. The van der Waals surface area contributed by atoms with Crippen LogP contribution in [0, 0.1) is 0 Å². The molecule has 6 nitrogen and oxygen atoms in total. The zero-order valence-electron chi connectivity index (χ0n) is 16.1. The van der Waals surface area contributed by atoms with Crippen molar-refractivity contribution >= 4 is 28.5 Å². The maximum Gasteiger partial charge on any atom is 0.337 e. The lowest BCUT2D eigenvalue weighted by Crippen LogP contribution is -2.47. The van der Waals surface area contributed by atoms with Gasteiger partial charge in [0.1, 0.15) is 17.9 Å². The number of benzene rings is 2. The Morgan fingerprint density at radius 3 is 2.52 bits per heavy atom. The third-order valence-corrected chi connectivity index (χ3v) is 5.31. The molecule has 2 heterocycles. The van der Waals surface area contributed by atoms with Crippen molar-refractivity contribution in [3.8, 4) is 5.75 Å². The Hall–Kier alpha value is -2.83. The van der Waals surface area contributed by atoms with E-state index < -0.39 is 5.63 Å². The summed E-state index contributed by atoms with van der Waals surface area (Å²) >= 11 is 5.90. The fourth-order valence-electron chi connectivity index (χ4n) is 3.34. The summed E-state index contributed by atoms with van der Waals surface area (Å²) in [6, 6.07) is 13.8. The molecule has 7 heteroatoms. The quantitative estimate of drug-likeness (QED) is 0.614. The van der Waals surface area contributed by atoms with Crippen molar-refractivity contribution in [3.05, 3.63) is 75.1 Å². The lowest BCUT2D eigenvalue weighted by atomic mass is 10.1. The molecule has 0 N–H and O–H groups in total. The molecule has 0 atom stereocenters. The number of hydrogen-bond acceptors (Lipinski definition) is 5. The Kier molecular flexibility index (Phi) is 5.56. The van der Waals surface area contributed by atoms with Gasteiger partial charge in [0.05, 0.1) is 5.56 Å². The fraction of sp³-hybridized carbons (Fsp3) is 0.273. The topological polar surface area (TPSA) is 63.0 Å². The number of carbonyl (C=O) groups is 1. The minimum atomic E-state index is -0.551. The highest BCUT2D eigenvalue weighted by Gasteiger charge is 2.23. The van der Waals surface area contributed by atoms with Gasteiger partial charge in [-0.15, -0.1) is 0 Å². The summed E-state index contributed by atoms with van der Waals surface area (Å²) < 4.78 is 11.1. The monoisotopic (exact) mass is 412 g/mol. The van der Waals surface area contributed by atoms with E-state index in [4.69, 9.17) is 20.8 Å². The molecule has 0 radical (unpaired) electrons. The zero-order chi connectivity index (χ0) is 20.4. The van der Waals surface area contributed by atoms with Crippen LogP contribution in [0.3, 0.4) is 0 Å². The van der Waals surface area contributed by atoms with Crippen molar-refractivity contribution in [2.24, 2.45) is 0 Å². The predicted molar refractivity (Wildman–Crippen MR) is 112 cm³/mol. The molecular weight excluding hydrogens is 392 g/mol. The summed E-state index contributed by atoms with van der Waals surface area (Å²) in [6.07, 6.45) is 0. The van der Waals surface area contributed by atoms with Crippen molar-refractivity contribution in [1.82, 2.24) is 9.80 Å². The van der Waals surface area contributed by atoms with E-state index in [-0.39, 0.29) is 5.91 Å². The molecule has 1 amide bonds. The van der Waals surface area contributed by atoms with Crippen molar-refractivity contribution in [2.75, 3.05) is 33.2 Å². The lowest BCUT2D eigenvalue weighted by Gasteiger charge is -2.32. The second-order valence-corrected chi connectivity index (χ2v) is 7.58. The lowest BCUT2D eigenvalue weighted by molar-refractivity contribution is 0.0665. The van der Waals surface area contributed by atoms with Gasteiger partial charge < -0.3 is 19.0 Å². The van der Waals surface area contributed by atoms with Gasteiger partial charge in [0, 0.05) is 48.7 Å². The molecule has 0 bridgehead atoms. The third-order valence-electron chi connectivity index (χ3n) is 5.06. The highest BCUT2D eigenvalue weighted by molar-refractivity contribution is 6.30. The number of fused-ring (bicyclic) bond motifs is 1. The largest absolute Gasteiger partial charge is 0.489 e. The summed E-state index contributed by atoms with van der Waals surface area (Å²) in [5.74, 6) is 0.408. The van der Waals surface area contributed by atoms with Crippen molar-refractivity contribution in [1.29, 1.82) is 0 Å². The number of nitrogens with zero attached hydrogens (tertiary/aromatic N) is 2. The van der Waals surface area contributed by atoms with Gasteiger partial charge in [-0.3, -0.25) is 4.79 Å². The first-order chi connectivity index (χ1) is 14.0. The van der Waals surface area contributed by atoms with Gasteiger partial charge in [-0.05, 0) is 36.9 Å². The number of ether oxygens (including phenoxy) is 1. The van der Waals surface area contributed by atoms with Gasteiger partial charge in [-0.25, -0.2) is 4.79 Å². The predicted octanol–water partition coefficient (Wildman–Crippen LogP) is 3.41. The van der Waals surface area contributed by atoms with Crippen molar-refractivity contribution < 1.29 is 13.9 Å². The fourth-order valence-corrected chi connectivity index (χ4v) is 3.46. The minimum Gasteiger partial charge on any atom is -0.489 e. The molecule has 0 aliphatic carbocycles. The van der Waals surface area contributed by atoms with E-state index in [0.717, 1.165) is 18.7 Å². The molecular formula is C22H21ClN2O4. The van der Waals surface area contributed by atoms with Crippen LogP contribution in [0.4, 0.5) is 0 Å². The van der Waals surface area contributed by atoms with Crippen LogP contribution in [-0.4, -0.2) is 48.9 Å². The molecule has 29 heavy (non-hydrogen) atoms. The van der Waals surface area contributed by atoms with E-state index in [2.05, 4.69) is 4.90 Å². The highest BCUT2D eigenvalue weighted by Crippen LogP contribution is 2.25. The summed E-state index contributed by atoms with van der Waals surface area (Å²) in [7, 11) is 2.03. The van der Waals surface area contributed by atoms with Gasteiger partial charge in [0.25, 0.3) is 5.91 Å². The average Bonchev–Trinajstić information content (AvgIpc) is 2.72. The minimum absolute atomic E-state index is 0.147. The van der Waals surface area contributed by atoms with E-state index in [1.165, 1.54) is 6.07 Å². The van der Waals surface area contributed by atoms with Crippen molar-refractivity contribution in [2.45, 2.75) is 6.61 Å². The maximum absolute atomic E-state index is 13.0. The van der Waals surface area contributed by atoms with Crippen LogP contribution in [0.25, 0.3) is 11.0 Å². The number of hydrogen-bond donors (Lipinski definition) is 0. The molecule has 4 rings (SSSR count). The Balaban J connectivity index is 1.58. The van der Waals surface area contributed by atoms with Crippen LogP contribution in [0.1, 0.15) is 15.9 Å². The smallest absolute Gasteiger partial charge is 0.337 e. The Labute approximate surface area is 173 Å². The second kappa shape index (κ2) is 8.27. The van der Waals surface area contributed by atoms with Gasteiger partial charge in [-0.2, -0.15) is 0 Å². The molecule has 1 fully saturated rings. The standard InChI is InChI=1S/C22H21ClN2O4/c1-24-8-10-25(11-9-24)22(27)19-13-21(26)29-20-12-17(6-7-18(19)20)28-14-15-2-4-16(23)5-3-15/h2-7,12-13H,8-11,14H2,1H3. The van der Waals surface area contributed by atoms with E-state index in [1.54, 1.807) is 35.2 Å². The molecule has 1 aliphatic heterocycles. The van der Waals surface area contributed by atoms with Gasteiger partial charge in [0.2, 0.25) is 0 Å². The third kappa shape index (κ3) is 4.44. The molecule has 2 aromatic carbocycles. The highest BCUT2D eigenvalue weighted by atomic mass is 35.5. The summed E-state index contributed by atoms with van der Waals surface area (Å²) in [5, 5.41) is 1.27. The Bertz CT molecular complexity index is 1090. The molecule has 0 saturated carbocycles. The first-order valence-electron chi connectivity index (χ1n) is 9.42. The zero-order valence-corrected chi connectivity index (χ0v) is 16.8. The summed E-state index contributed by atoms with van der Waals surface area (Å²) in [6.45, 7) is 3.26. The van der Waals surface area contributed by atoms with Crippen molar-refractivity contribution in [3.63, 3.8) is 0 Å². The Morgan fingerprint density at radius 2 is 1.79 bits per heavy atom. The molecule has 1 aromatic heterocycles. The first kappa shape index (κ1) is 19.5. The number of halogens is 1. The van der Waals surface area contributed by atoms with E-state index in [9.17, 15) is 9.59 Å². The average molecular weight is 413 g/mol. The van der Waals surface area contributed by atoms with Crippen LogP contribution in [-0.2, 0) is 6.61 Å². The number of rotatable bonds is 4. The molecule has 0 spiro atoms. The van der Waals surface area contributed by atoms with Crippen LogP contribution < -0.4 is 10.4 Å². The van der Waals surface area contributed by atoms with E-state index in [1.807, 2.05) is 19.2 Å². The van der Waals surface area contributed by atoms with Gasteiger partial charge in [-0.1, -0.05) is 23.7 Å². The number of carbonyl (C=O) groups excluding carboxylic acids is 1. The summed E-state index contributed by atoms with van der Waals surface area (Å²) in [5.41, 5.74) is 1.12. The number of piperazine rings is 1. The van der Waals surface area contributed by atoms with Crippen LogP contribution >= 0.6 is 11.6 Å². The molecule has 150 valence electrons. The van der Waals surface area contributed by atoms with Gasteiger partial charge >= 0.3 is 5.63 Å². The molecule has 1 aliphatic rings. The number of likely N-dealkylation sites (N-methyl/N-ethyl adjacent to an activating group) is 1. The molecule has 0 unspecified atom stereocenters. The van der Waals surface area contributed by atoms with E-state index >= 15 is 0 Å². The second-order valence-electron chi connectivity index (χ2n) is 7.15. The number of amides is 1. The van der Waals surface area contributed by atoms with Gasteiger partial charge in [0.15, 0.2) is 0 Å². The van der Waals surface area contributed by atoms with Crippen LogP contribution in [0.5, 0.6) is 5.75 Å². The molecule has 3 aromatic rings.